The Bertz CT molecular complexity index is 434. The summed E-state index contributed by atoms with van der Waals surface area (Å²) in [6, 6.07) is 7.09. The summed E-state index contributed by atoms with van der Waals surface area (Å²) in [6.45, 7) is 9.99. The highest BCUT2D eigenvalue weighted by Crippen LogP contribution is 2.32. The summed E-state index contributed by atoms with van der Waals surface area (Å²) in [5.74, 6) is 1.72. The summed E-state index contributed by atoms with van der Waals surface area (Å²) < 4.78 is 11.2. The van der Waals surface area contributed by atoms with Crippen LogP contribution in [0.5, 0.6) is 11.5 Å². The van der Waals surface area contributed by atoms with Crippen LogP contribution in [0.2, 0.25) is 0 Å². The minimum Gasteiger partial charge on any atom is -0.486 e. The summed E-state index contributed by atoms with van der Waals surface area (Å²) in [7, 11) is 2.01. The highest BCUT2D eigenvalue weighted by atomic mass is 16.6. The minimum absolute atomic E-state index is 0.299. The van der Waals surface area contributed by atoms with Crippen molar-refractivity contribution in [1.82, 2.24) is 10.2 Å². The number of benzene rings is 1. The van der Waals surface area contributed by atoms with Crippen molar-refractivity contribution in [2.75, 3.05) is 33.4 Å². The topological polar surface area (TPSA) is 33.7 Å². The third-order valence-electron chi connectivity index (χ3n) is 3.87. The van der Waals surface area contributed by atoms with Gasteiger partial charge in [0.25, 0.3) is 0 Å². The molecule has 0 radical (unpaired) electrons. The van der Waals surface area contributed by atoms with Crippen molar-refractivity contribution in [3.8, 4) is 11.5 Å². The first-order valence-electron chi connectivity index (χ1n) is 7.46. The van der Waals surface area contributed by atoms with Gasteiger partial charge >= 0.3 is 0 Å². The van der Waals surface area contributed by atoms with Crippen LogP contribution in [0.3, 0.4) is 0 Å². The van der Waals surface area contributed by atoms with Gasteiger partial charge in [0.15, 0.2) is 11.5 Å². The lowest BCUT2D eigenvalue weighted by molar-refractivity contribution is 0.170. The fourth-order valence-corrected chi connectivity index (χ4v) is 2.58. The molecule has 20 heavy (non-hydrogen) atoms. The molecule has 0 saturated heterocycles. The van der Waals surface area contributed by atoms with Crippen molar-refractivity contribution in [2.45, 2.75) is 32.9 Å². The summed E-state index contributed by atoms with van der Waals surface area (Å²) in [5, 5.41) is 3.41. The Morgan fingerprint density at radius 1 is 1.20 bits per heavy atom. The maximum atomic E-state index is 5.67. The molecule has 1 aromatic rings. The van der Waals surface area contributed by atoms with E-state index in [0.717, 1.165) is 24.6 Å². The molecule has 0 amide bonds. The van der Waals surface area contributed by atoms with Gasteiger partial charge in [-0.1, -0.05) is 13.0 Å². The lowest BCUT2D eigenvalue weighted by Gasteiger charge is -2.30. The molecule has 1 atom stereocenters. The van der Waals surface area contributed by atoms with Gasteiger partial charge in [0.2, 0.25) is 0 Å². The average molecular weight is 278 g/mol. The molecule has 0 saturated carbocycles. The van der Waals surface area contributed by atoms with Gasteiger partial charge in [-0.25, -0.2) is 0 Å². The van der Waals surface area contributed by atoms with Crippen LogP contribution in [0.25, 0.3) is 0 Å². The van der Waals surface area contributed by atoms with Crippen LogP contribution in [0.15, 0.2) is 18.2 Å². The number of fused-ring (bicyclic) bond motifs is 1. The Hall–Kier alpha value is -1.26. The second-order valence-electron chi connectivity index (χ2n) is 5.43. The van der Waals surface area contributed by atoms with Crippen LogP contribution in [0, 0.1) is 0 Å². The van der Waals surface area contributed by atoms with Gasteiger partial charge < -0.3 is 14.8 Å². The molecule has 4 nitrogen and oxygen atoms in total. The molecule has 0 spiro atoms. The maximum absolute atomic E-state index is 5.67. The van der Waals surface area contributed by atoms with Gasteiger partial charge in [0.05, 0.1) is 0 Å². The predicted octanol–water partition coefficient (Wildman–Crippen LogP) is 2.45. The maximum Gasteiger partial charge on any atom is 0.161 e. The summed E-state index contributed by atoms with van der Waals surface area (Å²) in [5.41, 5.74) is 1.25. The quantitative estimate of drug-likeness (QED) is 0.866. The highest BCUT2D eigenvalue weighted by molar-refractivity contribution is 5.44. The lowest BCUT2D eigenvalue weighted by Crippen LogP contribution is -2.38. The molecule has 0 fully saturated rings. The highest BCUT2D eigenvalue weighted by Gasteiger charge is 2.19. The Labute approximate surface area is 122 Å². The van der Waals surface area contributed by atoms with Crippen molar-refractivity contribution in [3.05, 3.63) is 23.8 Å². The SMILES string of the molecule is CCN(CC(NC)c1ccc2c(c1)OCCO2)C(C)C. The molecule has 112 valence electrons. The van der Waals surface area contributed by atoms with Crippen LogP contribution >= 0.6 is 0 Å². The summed E-state index contributed by atoms with van der Waals surface area (Å²) >= 11 is 0. The van der Waals surface area contributed by atoms with Gasteiger partial charge in [0.1, 0.15) is 13.2 Å². The largest absolute Gasteiger partial charge is 0.486 e. The number of rotatable bonds is 6. The third-order valence-corrected chi connectivity index (χ3v) is 3.87. The fraction of sp³-hybridized carbons (Fsp3) is 0.625. The molecule has 1 aliphatic rings. The van der Waals surface area contributed by atoms with E-state index in [9.17, 15) is 0 Å². The molecule has 0 aromatic heterocycles. The van der Waals surface area contributed by atoms with E-state index in [4.69, 9.17) is 9.47 Å². The van der Waals surface area contributed by atoms with Crippen molar-refractivity contribution in [1.29, 1.82) is 0 Å². The van der Waals surface area contributed by atoms with Gasteiger partial charge in [0, 0.05) is 18.6 Å². The van der Waals surface area contributed by atoms with Gasteiger partial charge in [-0.2, -0.15) is 0 Å². The lowest BCUT2D eigenvalue weighted by atomic mass is 10.0. The molecule has 0 bridgehead atoms. The van der Waals surface area contributed by atoms with Crippen LogP contribution in [-0.4, -0.2) is 44.3 Å². The molecular weight excluding hydrogens is 252 g/mol. The van der Waals surface area contributed by atoms with Crippen LogP contribution < -0.4 is 14.8 Å². The first kappa shape index (κ1) is 15.1. The van der Waals surface area contributed by atoms with Crippen molar-refractivity contribution in [2.24, 2.45) is 0 Å². The number of hydrogen-bond acceptors (Lipinski definition) is 4. The van der Waals surface area contributed by atoms with E-state index in [0.29, 0.717) is 25.3 Å². The Morgan fingerprint density at radius 2 is 1.90 bits per heavy atom. The molecule has 2 rings (SSSR count). The summed E-state index contributed by atoms with van der Waals surface area (Å²) in [4.78, 5) is 2.46. The Balaban J connectivity index is 2.14. The van der Waals surface area contributed by atoms with Crippen LogP contribution in [0.1, 0.15) is 32.4 Å². The normalized spacial score (nSPS) is 15.7. The zero-order valence-electron chi connectivity index (χ0n) is 13.0. The number of likely N-dealkylation sites (N-methyl/N-ethyl adjacent to an activating group) is 2. The molecule has 0 aliphatic carbocycles. The number of ether oxygens (including phenoxy) is 2. The fourth-order valence-electron chi connectivity index (χ4n) is 2.58. The van der Waals surface area contributed by atoms with Crippen molar-refractivity contribution < 1.29 is 9.47 Å². The first-order valence-corrected chi connectivity index (χ1v) is 7.46. The van der Waals surface area contributed by atoms with E-state index in [2.05, 4.69) is 43.1 Å². The van der Waals surface area contributed by atoms with E-state index in [1.165, 1.54) is 5.56 Å². The molecule has 1 unspecified atom stereocenters. The Kier molecular flexibility index (Phi) is 5.26. The average Bonchev–Trinajstić information content (AvgIpc) is 2.47. The second kappa shape index (κ2) is 6.95. The number of nitrogens with one attached hydrogen (secondary N) is 1. The summed E-state index contributed by atoms with van der Waals surface area (Å²) in [6.07, 6.45) is 0. The molecular formula is C16H26N2O2. The van der Waals surface area contributed by atoms with Crippen molar-refractivity contribution >= 4 is 0 Å². The van der Waals surface area contributed by atoms with E-state index >= 15 is 0 Å². The number of nitrogens with zero attached hydrogens (tertiary/aromatic N) is 1. The Morgan fingerprint density at radius 3 is 2.50 bits per heavy atom. The molecule has 1 aromatic carbocycles. The second-order valence-corrected chi connectivity index (χ2v) is 5.43. The van der Waals surface area contributed by atoms with Gasteiger partial charge in [-0.05, 0) is 45.1 Å². The van der Waals surface area contributed by atoms with E-state index in [1.54, 1.807) is 0 Å². The van der Waals surface area contributed by atoms with E-state index < -0.39 is 0 Å². The standard InChI is InChI=1S/C16H26N2O2/c1-5-18(12(2)3)11-14(17-4)13-6-7-15-16(10-13)20-9-8-19-15/h6-7,10,12,14,17H,5,8-9,11H2,1-4H3. The molecule has 1 aliphatic heterocycles. The van der Waals surface area contributed by atoms with Crippen molar-refractivity contribution in [3.63, 3.8) is 0 Å². The van der Waals surface area contributed by atoms with Gasteiger partial charge in [-0.3, -0.25) is 4.90 Å². The zero-order chi connectivity index (χ0) is 14.5. The molecule has 1 N–H and O–H groups in total. The first-order chi connectivity index (χ1) is 9.65. The third kappa shape index (κ3) is 3.44. The van der Waals surface area contributed by atoms with E-state index in [-0.39, 0.29) is 0 Å². The monoisotopic (exact) mass is 278 g/mol. The van der Waals surface area contributed by atoms with Gasteiger partial charge in [-0.15, -0.1) is 0 Å². The number of hydrogen-bond donors (Lipinski definition) is 1. The molecule has 1 heterocycles. The predicted molar refractivity (Wildman–Crippen MR) is 81.6 cm³/mol. The zero-order valence-corrected chi connectivity index (χ0v) is 13.0. The molecule has 4 heteroatoms. The minimum atomic E-state index is 0.299. The van der Waals surface area contributed by atoms with Crippen LogP contribution in [0.4, 0.5) is 0 Å². The van der Waals surface area contributed by atoms with Crippen LogP contribution in [-0.2, 0) is 0 Å². The van der Waals surface area contributed by atoms with E-state index in [1.807, 2.05) is 13.1 Å². The smallest absolute Gasteiger partial charge is 0.161 e.